The zero-order chi connectivity index (χ0) is 12.7. The second-order valence-electron chi connectivity index (χ2n) is 3.65. The number of benzene rings is 1. The number of hydrogen-bond donors (Lipinski definition) is 0. The van der Waals surface area contributed by atoms with Crippen molar-refractivity contribution in [3.05, 3.63) is 45.1 Å². The van der Waals surface area contributed by atoms with Crippen molar-refractivity contribution in [2.45, 2.75) is 0 Å². The molecule has 0 bridgehead atoms. The fourth-order valence-electron chi connectivity index (χ4n) is 1.71. The Labute approximate surface area is 124 Å². The first-order chi connectivity index (χ1) is 8.69. The third-order valence-corrected chi connectivity index (χ3v) is 4.57. The Hall–Kier alpha value is -0.980. The van der Waals surface area contributed by atoms with E-state index in [1.165, 1.54) is 0 Å². The van der Waals surface area contributed by atoms with Crippen molar-refractivity contribution < 1.29 is 4.79 Å². The molecule has 1 aromatic carbocycles. The Morgan fingerprint density at radius 2 is 2.17 bits per heavy atom. The summed E-state index contributed by atoms with van der Waals surface area (Å²) < 4.78 is 4.80. The molecular weight excluding hydrogens is 380 g/mol. The van der Waals surface area contributed by atoms with Gasteiger partial charge in [0, 0.05) is 15.1 Å². The van der Waals surface area contributed by atoms with E-state index in [0.717, 1.165) is 30.6 Å². The molecule has 2 heterocycles. The van der Waals surface area contributed by atoms with Gasteiger partial charge in [0.1, 0.15) is 0 Å². The number of rotatable bonds is 2. The SMILES string of the molecule is O=Cc1cccn1-c1nc2c(Br)cc(Br)cc2s1. The number of fused-ring (bicyclic) bond motifs is 1. The van der Waals surface area contributed by atoms with E-state index >= 15 is 0 Å². The van der Waals surface area contributed by atoms with E-state index in [2.05, 4.69) is 36.8 Å². The monoisotopic (exact) mass is 384 g/mol. The molecule has 0 atom stereocenters. The Bertz CT molecular complexity index is 748. The van der Waals surface area contributed by atoms with Crippen LogP contribution in [-0.4, -0.2) is 15.8 Å². The van der Waals surface area contributed by atoms with E-state index in [-0.39, 0.29) is 0 Å². The molecule has 3 nitrogen and oxygen atoms in total. The summed E-state index contributed by atoms with van der Waals surface area (Å²) in [5.41, 5.74) is 1.51. The van der Waals surface area contributed by atoms with Gasteiger partial charge in [0.05, 0.1) is 15.9 Å². The van der Waals surface area contributed by atoms with E-state index in [0.29, 0.717) is 5.69 Å². The van der Waals surface area contributed by atoms with Crippen LogP contribution in [0.3, 0.4) is 0 Å². The van der Waals surface area contributed by atoms with Crippen molar-refractivity contribution in [1.82, 2.24) is 9.55 Å². The summed E-state index contributed by atoms with van der Waals surface area (Å²) in [5, 5.41) is 0.788. The highest BCUT2D eigenvalue weighted by molar-refractivity contribution is 9.11. The lowest BCUT2D eigenvalue weighted by atomic mass is 10.3. The first-order valence-electron chi connectivity index (χ1n) is 5.07. The van der Waals surface area contributed by atoms with Gasteiger partial charge in [0.2, 0.25) is 0 Å². The lowest BCUT2D eigenvalue weighted by molar-refractivity contribution is 0.111. The molecule has 0 aliphatic rings. The van der Waals surface area contributed by atoms with E-state index in [1.54, 1.807) is 22.0 Å². The van der Waals surface area contributed by atoms with Crippen LogP contribution in [-0.2, 0) is 0 Å². The maximum atomic E-state index is 10.9. The molecule has 0 N–H and O–H groups in total. The van der Waals surface area contributed by atoms with E-state index in [9.17, 15) is 4.79 Å². The Morgan fingerprint density at radius 1 is 1.33 bits per heavy atom. The normalized spacial score (nSPS) is 11.0. The molecule has 0 radical (unpaired) electrons. The summed E-state index contributed by atoms with van der Waals surface area (Å²) in [7, 11) is 0. The van der Waals surface area contributed by atoms with Gasteiger partial charge >= 0.3 is 0 Å². The van der Waals surface area contributed by atoms with Crippen molar-refractivity contribution >= 4 is 59.7 Å². The maximum absolute atomic E-state index is 10.9. The molecule has 0 unspecified atom stereocenters. The molecule has 3 rings (SSSR count). The molecule has 90 valence electrons. The summed E-state index contributed by atoms with van der Waals surface area (Å²) in [5.74, 6) is 0. The van der Waals surface area contributed by atoms with E-state index in [1.807, 2.05) is 24.4 Å². The largest absolute Gasteiger partial charge is 0.296 e. The fourth-order valence-corrected chi connectivity index (χ4v) is 4.35. The minimum absolute atomic E-state index is 0.601. The molecule has 0 amide bonds. The van der Waals surface area contributed by atoms with Gasteiger partial charge in [-0.25, -0.2) is 4.98 Å². The van der Waals surface area contributed by atoms with Gasteiger partial charge in [-0.15, -0.1) is 0 Å². The summed E-state index contributed by atoms with van der Waals surface area (Å²) in [4.78, 5) is 15.5. The fraction of sp³-hybridized carbons (Fsp3) is 0. The van der Waals surface area contributed by atoms with Crippen LogP contribution in [0.4, 0.5) is 0 Å². The highest BCUT2D eigenvalue weighted by atomic mass is 79.9. The van der Waals surface area contributed by atoms with Crippen LogP contribution in [0.2, 0.25) is 0 Å². The van der Waals surface area contributed by atoms with Crippen LogP contribution in [0.5, 0.6) is 0 Å². The second-order valence-corrected chi connectivity index (χ2v) is 6.43. The zero-order valence-electron chi connectivity index (χ0n) is 8.93. The Morgan fingerprint density at radius 3 is 2.94 bits per heavy atom. The average molecular weight is 386 g/mol. The van der Waals surface area contributed by atoms with Crippen molar-refractivity contribution in [3.8, 4) is 5.13 Å². The minimum atomic E-state index is 0.601. The highest BCUT2D eigenvalue weighted by Crippen LogP contribution is 2.33. The van der Waals surface area contributed by atoms with Gasteiger partial charge < -0.3 is 0 Å². The molecule has 0 aliphatic heterocycles. The van der Waals surface area contributed by atoms with Gasteiger partial charge in [0.25, 0.3) is 0 Å². The van der Waals surface area contributed by atoms with Crippen LogP contribution >= 0.6 is 43.2 Å². The standard InChI is InChI=1S/C12H6Br2N2OS/c13-7-4-9(14)11-10(5-7)18-12(15-11)16-3-1-2-8(16)6-17/h1-6H. The molecule has 0 spiro atoms. The lowest BCUT2D eigenvalue weighted by Gasteiger charge is -1.97. The predicted molar refractivity (Wildman–Crippen MR) is 79.7 cm³/mol. The summed E-state index contributed by atoms with van der Waals surface area (Å²) in [6.45, 7) is 0. The molecular formula is C12H6Br2N2OS. The predicted octanol–water partition coefficient (Wildman–Crippen LogP) is 4.42. The topological polar surface area (TPSA) is 34.9 Å². The van der Waals surface area contributed by atoms with Gasteiger partial charge in [0.15, 0.2) is 11.4 Å². The number of aldehydes is 1. The quantitative estimate of drug-likeness (QED) is 0.612. The van der Waals surface area contributed by atoms with E-state index in [4.69, 9.17) is 0 Å². The highest BCUT2D eigenvalue weighted by Gasteiger charge is 2.11. The van der Waals surface area contributed by atoms with Crippen molar-refractivity contribution in [2.24, 2.45) is 0 Å². The van der Waals surface area contributed by atoms with Gasteiger partial charge in [-0.3, -0.25) is 9.36 Å². The van der Waals surface area contributed by atoms with Crippen molar-refractivity contribution in [2.75, 3.05) is 0 Å². The number of aromatic nitrogens is 2. The van der Waals surface area contributed by atoms with Crippen LogP contribution in [0.1, 0.15) is 10.5 Å². The summed E-state index contributed by atoms with van der Waals surface area (Å²) in [6, 6.07) is 7.58. The third kappa shape index (κ3) is 1.94. The summed E-state index contributed by atoms with van der Waals surface area (Å²) >= 11 is 8.50. The van der Waals surface area contributed by atoms with Gasteiger partial charge in [-0.05, 0) is 40.2 Å². The van der Waals surface area contributed by atoms with Crippen LogP contribution in [0.25, 0.3) is 15.3 Å². The molecule has 0 saturated carbocycles. The number of halogens is 2. The van der Waals surface area contributed by atoms with Gasteiger partial charge in [-0.1, -0.05) is 27.3 Å². The Balaban J connectivity index is 2.25. The molecule has 18 heavy (non-hydrogen) atoms. The molecule has 0 aliphatic carbocycles. The van der Waals surface area contributed by atoms with Crippen LogP contribution in [0, 0.1) is 0 Å². The first kappa shape index (κ1) is 12.1. The van der Waals surface area contributed by atoms with Crippen molar-refractivity contribution in [3.63, 3.8) is 0 Å². The second kappa shape index (κ2) is 4.60. The molecule has 3 aromatic rings. The first-order valence-corrected chi connectivity index (χ1v) is 7.48. The van der Waals surface area contributed by atoms with Crippen LogP contribution in [0.15, 0.2) is 39.4 Å². The van der Waals surface area contributed by atoms with Crippen LogP contribution < -0.4 is 0 Å². The number of hydrogen-bond acceptors (Lipinski definition) is 3. The number of nitrogens with zero attached hydrogens (tertiary/aromatic N) is 2. The van der Waals surface area contributed by atoms with Crippen molar-refractivity contribution in [1.29, 1.82) is 0 Å². The number of carbonyl (C=O) groups excluding carboxylic acids is 1. The molecule has 2 aromatic heterocycles. The maximum Gasteiger partial charge on any atom is 0.195 e. The number of thiazole rings is 1. The molecule has 0 fully saturated rings. The summed E-state index contributed by atoms with van der Waals surface area (Å²) in [6.07, 6.45) is 2.67. The van der Waals surface area contributed by atoms with E-state index < -0.39 is 0 Å². The Kier molecular flexibility index (Phi) is 3.09. The number of carbonyl (C=O) groups is 1. The van der Waals surface area contributed by atoms with Gasteiger partial charge in [-0.2, -0.15) is 0 Å². The third-order valence-electron chi connectivity index (χ3n) is 2.51. The minimum Gasteiger partial charge on any atom is -0.296 e. The smallest absolute Gasteiger partial charge is 0.195 e. The molecule has 0 saturated heterocycles. The average Bonchev–Trinajstić information content (AvgIpc) is 2.92. The molecule has 6 heteroatoms. The lowest BCUT2D eigenvalue weighted by Crippen LogP contribution is -1.95. The zero-order valence-corrected chi connectivity index (χ0v) is 12.9.